The molecule has 4 aromatic rings. The van der Waals surface area contributed by atoms with Crippen LogP contribution in [0.4, 0.5) is 0 Å². The van der Waals surface area contributed by atoms with Gasteiger partial charge in [0.05, 0.1) is 10.9 Å². The van der Waals surface area contributed by atoms with Crippen molar-refractivity contribution in [2.24, 2.45) is 5.41 Å². The molecule has 2 saturated heterocycles. The van der Waals surface area contributed by atoms with Gasteiger partial charge in [-0.25, -0.2) is 13.2 Å². The van der Waals surface area contributed by atoms with E-state index in [1.807, 2.05) is 121 Å². The maximum atomic E-state index is 14.1. The molecule has 0 aromatic heterocycles. The SMILES string of the molecule is CC1(C)[C@H](C(=O)OC(c2ccccc2)c2ccccc2)N2C(=O)C3(CC3OC(c3ccccc3)c3ccccc3)[C@H]2S1(=O)=O. The third-order valence-electron chi connectivity index (χ3n) is 9.39. The number of benzene rings is 4. The molecule has 0 bridgehead atoms. The highest BCUT2D eigenvalue weighted by Gasteiger charge is 2.86. The number of esters is 1. The normalized spacial score (nSPS) is 26.0. The van der Waals surface area contributed by atoms with E-state index >= 15 is 0 Å². The van der Waals surface area contributed by atoms with Crippen molar-refractivity contribution >= 4 is 21.7 Å². The fourth-order valence-electron chi connectivity index (χ4n) is 6.93. The van der Waals surface area contributed by atoms with Crippen molar-refractivity contribution in [1.82, 2.24) is 4.90 Å². The Bertz CT molecular complexity index is 1720. The molecule has 2 heterocycles. The van der Waals surface area contributed by atoms with Crippen molar-refractivity contribution in [2.75, 3.05) is 0 Å². The number of fused-ring (bicyclic) bond motifs is 2. The van der Waals surface area contributed by atoms with E-state index in [-0.39, 0.29) is 12.3 Å². The molecule has 0 radical (unpaired) electrons. The predicted molar refractivity (Wildman–Crippen MR) is 165 cm³/mol. The number of carbonyl (C=O) groups is 2. The van der Waals surface area contributed by atoms with Crippen LogP contribution in [0.1, 0.15) is 54.7 Å². The quantitative estimate of drug-likeness (QED) is 0.191. The average molecular weight is 608 g/mol. The molecule has 2 aliphatic heterocycles. The van der Waals surface area contributed by atoms with Crippen LogP contribution < -0.4 is 0 Å². The summed E-state index contributed by atoms with van der Waals surface area (Å²) in [5.41, 5.74) is 2.10. The van der Waals surface area contributed by atoms with Crippen LogP contribution in [0, 0.1) is 5.41 Å². The minimum Gasteiger partial charge on any atom is -0.451 e. The minimum absolute atomic E-state index is 0.275. The van der Waals surface area contributed by atoms with Gasteiger partial charge in [0.25, 0.3) is 0 Å². The summed E-state index contributed by atoms with van der Waals surface area (Å²) in [6.07, 6.45) is -1.57. The Morgan fingerprint density at radius 2 is 1.14 bits per heavy atom. The van der Waals surface area contributed by atoms with Crippen molar-refractivity contribution in [3.05, 3.63) is 144 Å². The fraction of sp³-hybridized carbons (Fsp3) is 0.278. The first-order valence-corrected chi connectivity index (χ1v) is 16.3. The average Bonchev–Trinajstić information content (AvgIpc) is 3.76. The van der Waals surface area contributed by atoms with E-state index in [4.69, 9.17) is 9.47 Å². The van der Waals surface area contributed by atoms with Crippen molar-refractivity contribution in [3.63, 3.8) is 0 Å². The van der Waals surface area contributed by atoms with E-state index in [0.717, 1.165) is 22.3 Å². The first kappa shape index (κ1) is 28.5. The summed E-state index contributed by atoms with van der Waals surface area (Å²) in [7, 11) is -3.98. The molecule has 224 valence electrons. The largest absolute Gasteiger partial charge is 0.451 e. The summed E-state index contributed by atoms with van der Waals surface area (Å²) in [4.78, 5) is 29.2. The van der Waals surface area contributed by atoms with E-state index in [0.29, 0.717) is 0 Å². The zero-order chi connectivity index (χ0) is 30.7. The number of carbonyl (C=O) groups excluding carboxylic acids is 2. The van der Waals surface area contributed by atoms with Gasteiger partial charge in [0.15, 0.2) is 21.3 Å². The molecule has 2 unspecified atom stereocenters. The van der Waals surface area contributed by atoms with Crippen LogP contribution in [-0.4, -0.2) is 47.5 Å². The van der Waals surface area contributed by atoms with Crippen LogP contribution in [0.5, 0.6) is 0 Å². The Labute approximate surface area is 257 Å². The molecule has 3 fully saturated rings. The highest BCUT2D eigenvalue weighted by molar-refractivity contribution is 7.94. The number of hydrogen-bond donors (Lipinski definition) is 0. The maximum Gasteiger partial charge on any atom is 0.331 e. The third-order valence-corrected chi connectivity index (χ3v) is 12.3. The Kier molecular flexibility index (Phi) is 6.75. The van der Waals surface area contributed by atoms with Gasteiger partial charge in [0, 0.05) is 0 Å². The van der Waals surface area contributed by atoms with E-state index in [9.17, 15) is 18.0 Å². The fourth-order valence-corrected chi connectivity index (χ4v) is 9.44. The topological polar surface area (TPSA) is 90.0 Å². The molecule has 0 N–H and O–H groups in total. The van der Waals surface area contributed by atoms with Crippen LogP contribution >= 0.6 is 0 Å². The molecule has 8 heteroatoms. The van der Waals surface area contributed by atoms with Crippen LogP contribution in [0.3, 0.4) is 0 Å². The second kappa shape index (κ2) is 10.4. The van der Waals surface area contributed by atoms with Gasteiger partial charge in [-0.1, -0.05) is 121 Å². The first-order chi connectivity index (χ1) is 21.2. The monoisotopic (exact) mass is 607 g/mol. The zero-order valence-corrected chi connectivity index (χ0v) is 25.3. The number of ether oxygens (including phenoxy) is 2. The second-order valence-corrected chi connectivity index (χ2v) is 14.9. The van der Waals surface area contributed by atoms with E-state index in [1.54, 1.807) is 0 Å². The Morgan fingerprint density at radius 1 is 0.727 bits per heavy atom. The lowest BCUT2D eigenvalue weighted by Crippen LogP contribution is -2.66. The summed E-state index contributed by atoms with van der Waals surface area (Å²) in [5, 5.41) is -1.15. The van der Waals surface area contributed by atoms with Crippen molar-refractivity contribution in [2.45, 2.75) is 54.7 Å². The first-order valence-electron chi connectivity index (χ1n) is 14.8. The van der Waals surface area contributed by atoms with Crippen LogP contribution in [0.15, 0.2) is 121 Å². The standard InChI is InChI=1S/C36H33NO6S/c1-35(2)31(32(38)43-30(26-19-11-5-12-20-26)27-21-13-6-14-22-27)37-33(39)36(34(37)44(35,40)41)23-28(36)42-29(24-15-7-3-8-16-24)25-17-9-4-10-18-25/h3-22,28-31,34H,23H2,1-2H3/t28?,31-,34+,36?/m0/s1. The molecule has 1 saturated carbocycles. The van der Waals surface area contributed by atoms with Gasteiger partial charge >= 0.3 is 5.97 Å². The van der Waals surface area contributed by atoms with E-state index < -0.39 is 55.7 Å². The molecule has 7 rings (SSSR count). The molecular weight excluding hydrogens is 574 g/mol. The molecular formula is C36H33NO6S. The minimum atomic E-state index is -3.98. The highest BCUT2D eigenvalue weighted by atomic mass is 32.2. The van der Waals surface area contributed by atoms with Crippen LogP contribution in [0.25, 0.3) is 0 Å². The Morgan fingerprint density at radius 3 is 1.57 bits per heavy atom. The molecule has 1 aliphatic carbocycles. The Balaban J connectivity index is 1.18. The lowest BCUT2D eigenvalue weighted by atomic mass is 9.88. The van der Waals surface area contributed by atoms with E-state index in [2.05, 4.69) is 0 Å². The summed E-state index contributed by atoms with van der Waals surface area (Å²) in [5.74, 6) is -1.12. The summed E-state index contributed by atoms with van der Waals surface area (Å²) >= 11 is 0. The molecule has 4 atom stereocenters. The van der Waals surface area contributed by atoms with E-state index in [1.165, 1.54) is 18.7 Å². The number of nitrogens with zero attached hydrogens (tertiary/aromatic N) is 1. The van der Waals surface area contributed by atoms with Gasteiger partial charge in [0.1, 0.15) is 17.6 Å². The van der Waals surface area contributed by atoms with Gasteiger partial charge in [-0.15, -0.1) is 0 Å². The van der Waals surface area contributed by atoms with Gasteiger partial charge in [0.2, 0.25) is 5.91 Å². The molecule has 1 spiro atoms. The van der Waals surface area contributed by atoms with Gasteiger partial charge in [-0.2, -0.15) is 0 Å². The zero-order valence-electron chi connectivity index (χ0n) is 24.4. The summed E-state index contributed by atoms with van der Waals surface area (Å²) in [6.45, 7) is 3.03. The maximum absolute atomic E-state index is 14.1. The lowest BCUT2D eigenvalue weighted by Gasteiger charge is -2.44. The second-order valence-electron chi connectivity index (χ2n) is 12.3. The lowest BCUT2D eigenvalue weighted by molar-refractivity contribution is -0.173. The molecule has 7 nitrogen and oxygen atoms in total. The number of rotatable bonds is 8. The molecule has 44 heavy (non-hydrogen) atoms. The summed E-state index contributed by atoms with van der Waals surface area (Å²) < 4.78 is 39.4. The number of β-lactam (4-membered cyclic amide) rings is 1. The summed E-state index contributed by atoms with van der Waals surface area (Å²) in [6, 6.07) is 36.7. The van der Waals surface area contributed by atoms with Crippen molar-refractivity contribution < 1.29 is 27.5 Å². The van der Waals surface area contributed by atoms with Gasteiger partial charge in [-0.3, -0.25) is 4.79 Å². The number of hydrogen-bond acceptors (Lipinski definition) is 6. The van der Waals surface area contributed by atoms with Crippen molar-refractivity contribution in [3.8, 4) is 0 Å². The van der Waals surface area contributed by atoms with Crippen molar-refractivity contribution in [1.29, 1.82) is 0 Å². The van der Waals surface area contributed by atoms with Gasteiger partial charge < -0.3 is 14.4 Å². The van der Waals surface area contributed by atoms with Crippen LogP contribution in [0.2, 0.25) is 0 Å². The molecule has 4 aromatic carbocycles. The predicted octanol–water partition coefficient (Wildman–Crippen LogP) is 5.63. The smallest absolute Gasteiger partial charge is 0.331 e. The van der Waals surface area contributed by atoms with Crippen LogP contribution in [-0.2, 0) is 28.9 Å². The molecule has 3 aliphatic rings. The van der Waals surface area contributed by atoms with Gasteiger partial charge in [-0.05, 0) is 42.5 Å². The highest BCUT2D eigenvalue weighted by Crippen LogP contribution is 2.68. The molecule has 1 amide bonds. The number of sulfone groups is 1. The Hall–Kier alpha value is -4.27. The third kappa shape index (κ3) is 4.23. The number of amides is 1.